The SMILES string of the molecule is CCCCc1ccccc1C1=CC=CC(C)(C)C1. The molecule has 1 aromatic carbocycles. The predicted molar refractivity (Wildman–Crippen MR) is 80.6 cm³/mol. The Morgan fingerprint density at radius 3 is 2.67 bits per heavy atom. The number of unbranched alkanes of at least 4 members (excludes halogenated alkanes) is 1. The summed E-state index contributed by atoms with van der Waals surface area (Å²) >= 11 is 0. The molecule has 1 aromatic rings. The van der Waals surface area contributed by atoms with E-state index in [1.54, 1.807) is 0 Å². The van der Waals surface area contributed by atoms with Gasteiger partial charge in [-0.25, -0.2) is 0 Å². The fraction of sp³-hybridized carbons (Fsp3) is 0.444. The number of hydrogen-bond acceptors (Lipinski definition) is 0. The fourth-order valence-electron chi connectivity index (χ4n) is 2.64. The second kappa shape index (κ2) is 5.56. The van der Waals surface area contributed by atoms with Gasteiger partial charge in [0.2, 0.25) is 0 Å². The summed E-state index contributed by atoms with van der Waals surface area (Å²) in [5.41, 5.74) is 4.76. The van der Waals surface area contributed by atoms with Gasteiger partial charge in [-0.1, -0.05) is 69.7 Å². The first-order chi connectivity index (χ1) is 8.62. The maximum Gasteiger partial charge on any atom is -0.0131 e. The van der Waals surface area contributed by atoms with Gasteiger partial charge in [-0.3, -0.25) is 0 Å². The van der Waals surface area contributed by atoms with Crippen molar-refractivity contribution in [1.29, 1.82) is 0 Å². The van der Waals surface area contributed by atoms with Crippen molar-refractivity contribution in [2.75, 3.05) is 0 Å². The molecule has 1 aliphatic carbocycles. The Kier molecular flexibility index (Phi) is 4.06. The monoisotopic (exact) mass is 240 g/mol. The van der Waals surface area contributed by atoms with E-state index in [9.17, 15) is 0 Å². The third-order valence-corrected chi connectivity index (χ3v) is 3.65. The van der Waals surface area contributed by atoms with Gasteiger partial charge >= 0.3 is 0 Å². The van der Waals surface area contributed by atoms with Crippen LogP contribution in [0.3, 0.4) is 0 Å². The summed E-state index contributed by atoms with van der Waals surface area (Å²) < 4.78 is 0. The zero-order valence-electron chi connectivity index (χ0n) is 11.9. The number of aryl methyl sites for hydroxylation is 1. The van der Waals surface area contributed by atoms with E-state index in [2.05, 4.69) is 63.3 Å². The van der Waals surface area contributed by atoms with Crippen LogP contribution in [0.4, 0.5) is 0 Å². The van der Waals surface area contributed by atoms with Crippen molar-refractivity contribution in [2.24, 2.45) is 5.41 Å². The van der Waals surface area contributed by atoms with Crippen LogP contribution in [0.1, 0.15) is 51.2 Å². The number of benzene rings is 1. The van der Waals surface area contributed by atoms with Crippen molar-refractivity contribution >= 4 is 5.57 Å². The Morgan fingerprint density at radius 2 is 1.94 bits per heavy atom. The molecule has 0 atom stereocenters. The van der Waals surface area contributed by atoms with Gasteiger partial charge in [-0.15, -0.1) is 0 Å². The number of hydrogen-bond donors (Lipinski definition) is 0. The molecular formula is C18H24. The molecule has 0 spiro atoms. The lowest BCUT2D eigenvalue weighted by Gasteiger charge is -2.26. The van der Waals surface area contributed by atoms with Crippen molar-refractivity contribution in [3.05, 3.63) is 53.6 Å². The lowest BCUT2D eigenvalue weighted by atomic mass is 9.79. The quantitative estimate of drug-likeness (QED) is 0.661. The lowest BCUT2D eigenvalue weighted by molar-refractivity contribution is 0.492. The zero-order chi connectivity index (χ0) is 13.0. The number of rotatable bonds is 4. The van der Waals surface area contributed by atoms with E-state index in [1.165, 1.54) is 36.0 Å². The molecule has 0 heterocycles. The normalized spacial score (nSPS) is 17.6. The summed E-state index contributed by atoms with van der Waals surface area (Å²) in [7, 11) is 0. The maximum absolute atomic E-state index is 2.31. The highest BCUT2D eigenvalue weighted by Crippen LogP contribution is 2.36. The summed E-state index contributed by atoms with van der Waals surface area (Å²) in [6.45, 7) is 6.88. The van der Waals surface area contributed by atoms with Gasteiger partial charge in [0, 0.05) is 0 Å². The van der Waals surface area contributed by atoms with Crippen LogP contribution in [0.5, 0.6) is 0 Å². The molecular weight excluding hydrogens is 216 g/mol. The highest BCUT2D eigenvalue weighted by molar-refractivity contribution is 5.71. The van der Waals surface area contributed by atoms with Crippen molar-refractivity contribution in [2.45, 2.75) is 46.5 Å². The van der Waals surface area contributed by atoms with Crippen LogP contribution < -0.4 is 0 Å². The minimum Gasteiger partial charge on any atom is -0.0785 e. The van der Waals surface area contributed by atoms with E-state index in [0.717, 1.165) is 6.42 Å². The minimum atomic E-state index is 0.294. The summed E-state index contributed by atoms with van der Waals surface area (Å²) in [5.74, 6) is 0. The molecule has 0 fully saturated rings. The van der Waals surface area contributed by atoms with E-state index in [4.69, 9.17) is 0 Å². The molecule has 0 saturated carbocycles. The Morgan fingerprint density at radius 1 is 1.17 bits per heavy atom. The second-order valence-electron chi connectivity index (χ2n) is 5.98. The van der Waals surface area contributed by atoms with Crippen LogP contribution in [-0.2, 0) is 6.42 Å². The third-order valence-electron chi connectivity index (χ3n) is 3.65. The molecule has 0 unspecified atom stereocenters. The van der Waals surface area contributed by atoms with Crippen LogP contribution >= 0.6 is 0 Å². The van der Waals surface area contributed by atoms with Gasteiger partial charge in [-0.05, 0) is 41.4 Å². The van der Waals surface area contributed by atoms with Crippen LogP contribution in [-0.4, -0.2) is 0 Å². The lowest BCUT2D eigenvalue weighted by Crippen LogP contribution is -2.11. The molecule has 1 aliphatic rings. The largest absolute Gasteiger partial charge is 0.0785 e. The Hall–Kier alpha value is -1.30. The maximum atomic E-state index is 2.31. The fourth-order valence-corrected chi connectivity index (χ4v) is 2.64. The van der Waals surface area contributed by atoms with Crippen LogP contribution in [0.2, 0.25) is 0 Å². The first kappa shape index (κ1) is 13.1. The summed E-state index contributed by atoms with van der Waals surface area (Å²) in [6, 6.07) is 8.90. The van der Waals surface area contributed by atoms with Gasteiger partial charge in [0.25, 0.3) is 0 Å². The summed E-state index contributed by atoms with van der Waals surface area (Å²) in [6.07, 6.45) is 11.7. The molecule has 18 heavy (non-hydrogen) atoms. The minimum absolute atomic E-state index is 0.294. The predicted octanol–water partition coefficient (Wildman–Crippen LogP) is 5.40. The van der Waals surface area contributed by atoms with E-state index in [0.29, 0.717) is 5.41 Å². The molecule has 0 aliphatic heterocycles. The molecule has 2 rings (SSSR count). The third kappa shape index (κ3) is 3.13. The Balaban J connectivity index is 2.28. The second-order valence-corrected chi connectivity index (χ2v) is 5.98. The highest BCUT2D eigenvalue weighted by atomic mass is 14.2. The summed E-state index contributed by atoms with van der Waals surface area (Å²) in [5, 5.41) is 0. The van der Waals surface area contributed by atoms with Crippen molar-refractivity contribution in [1.82, 2.24) is 0 Å². The van der Waals surface area contributed by atoms with Crippen LogP contribution in [0.25, 0.3) is 5.57 Å². The average Bonchev–Trinajstić information content (AvgIpc) is 2.35. The molecule has 0 saturated heterocycles. The molecule has 0 radical (unpaired) electrons. The average molecular weight is 240 g/mol. The van der Waals surface area contributed by atoms with Crippen molar-refractivity contribution < 1.29 is 0 Å². The van der Waals surface area contributed by atoms with Crippen LogP contribution in [0, 0.1) is 5.41 Å². The Bertz CT molecular complexity index is 461. The van der Waals surface area contributed by atoms with Gasteiger partial charge in [0.1, 0.15) is 0 Å². The molecule has 0 aromatic heterocycles. The van der Waals surface area contributed by atoms with Crippen molar-refractivity contribution in [3.8, 4) is 0 Å². The smallest absolute Gasteiger partial charge is 0.0131 e. The zero-order valence-corrected chi connectivity index (χ0v) is 11.9. The van der Waals surface area contributed by atoms with Gasteiger partial charge in [0.15, 0.2) is 0 Å². The molecule has 0 bridgehead atoms. The molecule has 0 amide bonds. The molecule has 0 nitrogen and oxygen atoms in total. The van der Waals surface area contributed by atoms with Crippen LogP contribution in [0.15, 0.2) is 42.5 Å². The first-order valence-electron chi connectivity index (χ1n) is 7.09. The van der Waals surface area contributed by atoms with Gasteiger partial charge in [0.05, 0.1) is 0 Å². The summed E-state index contributed by atoms with van der Waals surface area (Å²) in [4.78, 5) is 0. The molecule has 0 heteroatoms. The Labute approximate surface area is 111 Å². The first-order valence-corrected chi connectivity index (χ1v) is 7.09. The van der Waals surface area contributed by atoms with Crippen molar-refractivity contribution in [3.63, 3.8) is 0 Å². The van der Waals surface area contributed by atoms with E-state index in [1.807, 2.05) is 0 Å². The van der Waals surface area contributed by atoms with Gasteiger partial charge < -0.3 is 0 Å². The molecule has 0 N–H and O–H groups in total. The topological polar surface area (TPSA) is 0 Å². The number of allylic oxidation sites excluding steroid dienone is 4. The highest BCUT2D eigenvalue weighted by Gasteiger charge is 2.20. The van der Waals surface area contributed by atoms with E-state index in [-0.39, 0.29) is 0 Å². The molecule has 96 valence electrons. The standard InChI is InChI=1S/C18H24/c1-4-5-9-15-10-6-7-12-17(15)16-11-8-13-18(2,3)14-16/h6-8,10-13H,4-5,9,14H2,1-3H3. The van der Waals surface area contributed by atoms with E-state index >= 15 is 0 Å². The van der Waals surface area contributed by atoms with E-state index < -0.39 is 0 Å². The van der Waals surface area contributed by atoms with Gasteiger partial charge in [-0.2, -0.15) is 0 Å².